The van der Waals surface area contributed by atoms with Crippen LogP contribution in [0.15, 0.2) is 48.9 Å². The molecule has 1 amide bonds. The minimum atomic E-state index is -0.256. The van der Waals surface area contributed by atoms with Gasteiger partial charge in [0.2, 0.25) is 5.91 Å². The molecule has 1 N–H and O–H groups in total. The highest BCUT2D eigenvalue weighted by Gasteiger charge is 2.15. The van der Waals surface area contributed by atoms with E-state index >= 15 is 0 Å². The van der Waals surface area contributed by atoms with Crippen LogP contribution in [0.1, 0.15) is 31.0 Å². The molecule has 6 nitrogen and oxygen atoms in total. The molecule has 0 bridgehead atoms. The number of ether oxygens (including phenoxy) is 2. The Bertz CT molecular complexity index is 1020. The number of halogens is 2. The molecular weight excluding hydrogens is 425 g/mol. The number of amides is 1. The summed E-state index contributed by atoms with van der Waals surface area (Å²) in [7, 11) is 1.63. The number of hydrogen-bond acceptors (Lipinski definition) is 5. The molecule has 30 heavy (non-hydrogen) atoms. The fraction of sp³-hybridized carbons (Fsp3) is 0.227. The maximum absolute atomic E-state index is 12.2. The zero-order valence-electron chi connectivity index (χ0n) is 16.8. The van der Waals surface area contributed by atoms with E-state index in [1.165, 1.54) is 12.4 Å². The fourth-order valence-electron chi connectivity index (χ4n) is 2.87. The van der Waals surface area contributed by atoms with Gasteiger partial charge in [-0.05, 0) is 36.2 Å². The van der Waals surface area contributed by atoms with Crippen molar-refractivity contribution < 1.29 is 14.3 Å². The molecule has 0 radical (unpaired) electrons. The van der Waals surface area contributed by atoms with E-state index in [1.807, 2.05) is 12.1 Å². The highest BCUT2D eigenvalue weighted by atomic mass is 35.5. The highest BCUT2D eigenvalue weighted by Crippen LogP contribution is 2.40. The van der Waals surface area contributed by atoms with Crippen molar-refractivity contribution in [2.75, 3.05) is 12.4 Å². The zero-order valence-corrected chi connectivity index (χ0v) is 18.3. The molecule has 3 aromatic rings. The summed E-state index contributed by atoms with van der Waals surface area (Å²) < 4.78 is 11.3. The Morgan fingerprint density at radius 1 is 1.13 bits per heavy atom. The number of carbonyl (C=O) groups excluding carboxylic acids is 1. The van der Waals surface area contributed by atoms with E-state index in [2.05, 4.69) is 29.1 Å². The highest BCUT2D eigenvalue weighted by molar-refractivity contribution is 6.37. The van der Waals surface area contributed by atoms with Gasteiger partial charge in [0.1, 0.15) is 11.5 Å². The minimum Gasteiger partial charge on any atom is -0.496 e. The first-order valence-electron chi connectivity index (χ1n) is 9.27. The third-order valence-electron chi connectivity index (χ3n) is 4.28. The minimum absolute atomic E-state index is 0.0884. The van der Waals surface area contributed by atoms with Crippen molar-refractivity contribution in [3.8, 4) is 17.2 Å². The molecule has 0 saturated carbocycles. The summed E-state index contributed by atoms with van der Waals surface area (Å²) in [5.74, 6) is 1.68. The third-order valence-corrected chi connectivity index (χ3v) is 4.84. The summed E-state index contributed by atoms with van der Waals surface area (Å²) in [6.07, 6.45) is 4.71. The second kappa shape index (κ2) is 9.78. The van der Waals surface area contributed by atoms with Gasteiger partial charge in [0, 0.05) is 29.8 Å². The van der Waals surface area contributed by atoms with Crippen LogP contribution >= 0.6 is 23.2 Å². The van der Waals surface area contributed by atoms with Crippen molar-refractivity contribution in [1.29, 1.82) is 0 Å². The van der Waals surface area contributed by atoms with Crippen LogP contribution in [-0.2, 0) is 11.2 Å². The number of rotatable bonds is 7. The number of hydrogen-bond donors (Lipinski definition) is 1. The zero-order chi connectivity index (χ0) is 21.7. The number of carbonyl (C=O) groups is 1. The Hall–Kier alpha value is -2.83. The Morgan fingerprint density at radius 2 is 1.87 bits per heavy atom. The van der Waals surface area contributed by atoms with Gasteiger partial charge in [0.05, 0.1) is 29.3 Å². The molecule has 0 saturated heterocycles. The summed E-state index contributed by atoms with van der Waals surface area (Å²) in [4.78, 5) is 20.3. The van der Waals surface area contributed by atoms with Crippen molar-refractivity contribution in [2.45, 2.75) is 26.2 Å². The van der Waals surface area contributed by atoms with Crippen LogP contribution in [0.4, 0.5) is 5.69 Å². The largest absolute Gasteiger partial charge is 0.496 e. The number of nitrogens with zero attached hydrogens (tertiary/aromatic N) is 2. The van der Waals surface area contributed by atoms with Crippen LogP contribution in [0.5, 0.6) is 17.2 Å². The van der Waals surface area contributed by atoms with Gasteiger partial charge in [-0.3, -0.25) is 14.8 Å². The predicted molar refractivity (Wildman–Crippen MR) is 118 cm³/mol. The van der Waals surface area contributed by atoms with Crippen LogP contribution in [0.25, 0.3) is 0 Å². The van der Waals surface area contributed by atoms with E-state index in [4.69, 9.17) is 32.7 Å². The fourth-order valence-corrected chi connectivity index (χ4v) is 3.43. The van der Waals surface area contributed by atoms with Crippen LogP contribution in [0.2, 0.25) is 10.0 Å². The molecule has 8 heteroatoms. The Morgan fingerprint density at radius 3 is 2.47 bits per heavy atom. The maximum Gasteiger partial charge on any atom is 0.230 e. The summed E-state index contributed by atoms with van der Waals surface area (Å²) in [5, 5.41) is 3.31. The van der Waals surface area contributed by atoms with E-state index in [0.29, 0.717) is 22.9 Å². The van der Waals surface area contributed by atoms with E-state index in [-0.39, 0.29) is 28.3 Å². The molecule has 0 atom stereocenters. The van der Waals surface area contributed by atoms with Gasteiger partial charge in [0.15, 0.2) is 5.75 Å². The SMILES string of the molecule is COc1ccc(Oc2c(Cl)cc(NC(=O)Cc3cnccn3)cc2Cl)cc1C(C)C. The first-order valence-corrected chi connectivity index (χ1v) is 10.0. The number of aromatic nitrogens is 2. The predicted octanol–water partition coefficient (Wildman–Crippen LogP) is 5.89. The van der Waals surface area contributed by atoms with Crippen LogP contribution in [-0.4, -0.2) is 23.0 Å². The van der Waals surface area contributed by atoms with Gasteiger partial charge >= 0.3 is 0 Å². The van der Waals surface area contributed by atoms with Gasteiger partial charge in [-0.1, -0.05) is 37.0 Å². The number of benzene rings is 2. The molecule has 0 unspecified atom stereocenters. The summed E-state index contributed by atoms with van der Waals surface area (Å²) in [6.45, 7) is 4.14. The normalized spacial score (nSPS) is 10.7. The molecule has 2 aromatic carbocycles. The van der Waals surface area contributed by atoms with Crippen molar-refractivity contribution in [3.63, 3.8) is 0 Å². The van der Waals surface area contributed by atoms with Gasteiger partial charge < -0.3 is 14.8 Å². The second-order valence-electron chi connectivity index (χ2n) is 6.85. The van der Waals surface area contributed by atoms with Crippen molar-refractivity contribution >= 4 is 34.8 Å². The molecule has 0 aliphatic rings. The first-order chi connectivity index (χ1) is 14.4. The Labute approximate surface area is 185 Å². The lowest BCUT2D eigenvalue weighted by molar-refractivity contribution is -0.115. The molecule has 1 aromatic heterocycles. The van der Waals surface area contributed by atoms with Gasteiger partial charge in [-0.2, -0.15) is 0 Å². The molecule has 1 heterocycles. The molecule has 0 aliphatic carbocycles. The average molecular weight is 446 g/mol. The standard InChI is InChI=1S/C22H21Cl2N3O3/c1-13(2)17-11-16(4-5-20(17)29-3)30-22-18(23)8-14(9-19(22)24)27-21(28)10-15-12-25-6-7-26-15/h4-9,11-13H,10H2,1-3H3,(H,27,28). The number of nitrogens with one attached hydrogen (secondary N) is 1. The molecule has 3 rings (SSSR count). The molecule has 156 valence electrons. The monoisotopic (exact) mass is 445 g/mol. The Balaban J connectivity index is 1.76. The smallest absolute Gasteiger partial charge is 0.230 e. The van der Waals surface area contributed by atoms with E-state index in [9.17, 15) is 4.79 Å². The lowest BCUT2D eigenvalue weighted by Crippen LogP contribution is -2.15. The third kappa shape index (κ3) is 5.40. The number of anilines is 1. The molecule has 0 spiro atoms. The second-order valence-corrected chi connectivity index (χ2v) is 7.67. The summed E-state index contributed by atoms with van der Waals surface area (Å²) in [5.41, 5.74) is 2.03. The average Bonchev–Trinajstić information content (AvgIpc) is 2.71. The van der Waals surface area contributed by atoms with E-state index in [1.54, 1.807) is 31.5 Å². The maximum atomic E-state index is 12.2. The van der Waals surface area contributed by atoms with Crippen LogP contribution < -0.4 is 14.8 Å². The first kappa shape index (κ1) is 21.9. The van der Waals surface area contributed by atoms with E-state index in [0.717, 1.165) is 11.3 Å². The quantitative estimate of drug-likeness (QED) is 0.490. The van der Waals surface area contributed by atoms with Crippen molar-refractivity contribution in [2.24, 2.45) is 0 Å². The van der Waals surface area contributed by atoms with Gasteiger partial charge in [-0.15, -0.1) is 0 Å². The topological polar surface area (TPSA) is 73.3 Å². The van der Waals surface area contributed by atoms with Crippen molar-refractivity contribution in [3.05, 3.63) is 70.2 Å². The molecule has 0 fully saturated rings. The van der Waals surface area contributed by atoms with E-state index < -0.39 is 0 Å². The molecular formula is C22H21Cl2N3O3. The van der Waals surface area contributed by atoms with Crippen molar-refractivity contribution in [1.82, 2.24) is 9.97 Å². The summed E-state index contributed by atoms with van der Waals surface area (Å²) in [6, 6.07) is 8.70. The van der Waals surface area contributed by atoms with Crippen LogP contribution in [0, 0.1) is 0 Å². The van der Waals surface area contributed by atoms with Crippen LogP contribution in [0.3, 0.4) is 0 Å². The summed E-state index contributed by atoms with van der Waals surface area (Å²) >= 11 is 12.8. The lowest BCUT2D eigenvalue weighted by atomic mass is 10.0. The Kier molecular flexibility index (Phi) is 7.13. The lowest BCUT2D eigenvalue weighted by Gasteiger charge is -2.16. The number of methoxy groups -OCH3 is 1. The van der Waals surface area contributed by atoms with Gasteiger partial charge in [0.25, 0.3) is 0 Å². The molecule has 0 aliphatic heterocycles. The van der Waals surface area contributed by atoms with Gasteiger partial charge in [-0.25, -0.2) is 0 Å².